The van der Waals surface area contributed by atoms with Crippen LogP contribution < -0.4 is 11.1 Å². The molecular weight excluding hydrogens is 394 g/mol. The first-order valence-electron chi connectivity index (χ1n) is 6.70. The topological polar surface area (TPSA) is 136 Å². The molecule has 0 aromatic carbocycles. The van der Waals surface area contributed by atoms with Gasteiger partial charge in [0.25, 0.3) is 0 Å². The SMILES string of the molecule is CCN.CCNC(=O)CCC(=O)O.O=C1CCC(=O)O1.P=S.P=S. The average molecular weight is 418 g/mol. The van der Waals surface area contributed by atoms with Crippen molar-refractivity contribution in [1.29, 1.82) is 0 Å². The number of carboxylic acid groups (broad SMARTS) is 1. The second-order valence-electron chi connectivity index (χ2n) is 3.60. The Labute approximate surface area is 156 Å². The molecule has 0 aromatic heterocycles. The smallest absolute Gasteiger partial charge is 0.314 e. The van der Waals surface area contributed by atoms with Gasteiger partial charge in [-0.15, -0.1) is 0 Å². The van der Waals surface area contributed by atoms with Crippen LogP contribution in [0.1, 0.15) is 39.5 Å². The maximum atomic E-state index is 10.6. The summed E-state index contributed by atoms with van der Waals surface area (Å²) in [6, 6.07) is 0. The molecule has 24 heavy (non-hydrogen) atoms. The van der Waals surface area contributed by atoms with E-state index >= 15 is 0 Å². The number of carboxylic acids is 1. The Bertz CT molecular complexity index is 359. The highest BCUT2D eigenvalue weighted by molar-refractivity contribution is 7.89. The summed E-state index contributed by atoms with van der Waals surface area (Å²) in [6.07, 6.45) is 0.507. The minimum atomic E-state index is -0.939. The number of carbonyl (C=O) groups is 4. The summed E-state index contributed by atoms with van der Waals surface area (Å²) in [4.78, 5) is 40.5. The van der Waals surface area contributed by atoms with Crippen molar-refractivity contribution in [2.45, 2.75) is 39.5 Å². The number of carbonyl (C=O) groups excluding carboxylic acids is 3. The minimum Gasteiger partial charge on any atom is -0.481 e. The van der Waals surface area contributed by atoms with E-state index in [-0.39, 0.29) is 31.6 Å². The van der Waals surface area contributed by atoms with Crippen molar-refractivity contribution >= 4 is 63.5 Å². The second-order valence-corrected chi connectivity index (χ2v) is 3.60. The van der Waals surface area contributed by atoms with Crippen LogP contribution in [-0.2, 0) is 47.5 Å². The molecule has 1 saturated heterocycles. The molecule has 0 aliphatic carbocycles. The molecule has 8 nitrogen and oxygen atoms in total. The van der Waals surface area contributed by atoms with Crippen LogP contribution in [0, 0.1) is 0 Å². The summed E-state index contributed by atoms with van der Waals surface area (Å²) in [5, 5.41) is 10.6. The van der Waals surface area contributed by atoms with Gasteiger partial charge in [0.1, 0.15) is 0 Å². The van der Waals surface area contributed by atoms with Crippen molar-refractivity contribution in [2.24, 2.45) is 5.73 Å². The zero-order valence-electron chi connectivity index (χ0n) is 13.6. The number of amides is 1. The number of cyclic esters (lactones) is 2. The standard InChI is InChI=1S/C6H11NO3.C4H4O3.C2H7N.2HPS/c1-2-7-5(8)3-4-6(9)10;5-3-1-2-4(6)7-3;1-2-3;2*1-2/h2-4H2,1H3,(H,7,8)(H,9,10);1-2H2;2-3H2,1H3;2*1H. The van der Waals surface area contributed by atoms with Crippen LogP contribution in [0.2, 0.25) is 0 Å². The highest BCUT2D eigenvalue weighted by atomic mass is 32.4. The lowest BCUT2D eigenvalue weighted by atomic mass is 10.3. The quantitative estimate of drug-likeness (QED) is 0.347. The highest BCUT2D eigenvalue weighted by Gasteiger charge is 2.19. The number of ether oxygens (including phenoxy) is 1. The van der Waals surface area contributed by atoms with Crippen molar-refractivity contribution < 1.29 is 29.0 Å². The van der Waals surface area contributed by atoms with E-state index in [0.29, 0.717) is 6.54 Å². The van der Waals surface area contributed by atoms with E-state index in [1.54, 1.807) is 6.92 Å². The third-order valence-corrected chi connectivity index (χ3v) is 1.70. The molecule has 12 heteroatoms. The minimum absolute atomic E-state index is 0.0726. The van der Waals surface area contributed by atoms with Crippen LogP contribution in [-0.4, -0.2) is 42.0 Å². The average Bonchev–Trinajstić information content (AvgIpc) is 2.94. The molecule has 4 N–H and O–H groups in total. The summed E-state index contributed by atoms with van der Waals surface area (Å²) in [7, 11) is 5.11. The molecular formula is C12H24N2O6P2S2. The molecule has 0 aromatic rings. The first kappa shape index (κ1) is 30.9. The van der Waals surface area contributed by atoms with E-state index in [2.05, 4.69) is 49.7 Å². The normalized spacial score (nSPS) is 10.6. The fourth-order valence-electron chi connectivity index (χ4n) is 0.939. The Morgan fingerprint density at radius 3 is 1.71 bits per heavy atom. The van der Waals surface area contributed by atoms with Crippen molar-refractivity contribution in [2.75, 3.05) is 13.1 Å². The van der Waals surface area contributed by atoms with Gasteiger partial charge in [-0.1, -0.05) is 30.5 Å². The first-order valence-corrected chi connectivity index (χ1v) is 9.96. The molecule has 1 fully saturated rings. The molecule has 0 radical (unpaired) electrons. The van der Waals surface area contributed by atoms with E-state index in [0.717, 1.165) is 6.54 Å². The molecule has 1 aliphatic heterocycles. The number of aliphatic carboxylic acids is 1. The number of hydrogen-bond acceptors (Lipinski definition) is 8. The van der Waals surface area contributed by atoms with Gasteiger partial charge < -0.3 is 20.9 Å². The van der Waals surface area contributed by atoms with Gasteiger partial charge in [0.2, 0.25) is 5.91 Å². The van der Waals surface area contributed by atoms with E-state index in [9.17, 15) is 19.2 Å². The van der Waals surface area contributed by atoms with Crippen molar-refractivity contribution in [3.05, 3.63) is 0 Å². The van der Waals surface area contributed by atoms with Gasteiger partial charge in [-0.3, -0.25) is 19.2 Å². The number of nitrogens with one attached hydrogen (secondary N) is 1. The van der Waals surface area contributed by atoms with Gasteiger partial charge in [0.15, 0.2) is 0 Å². The van der Waals surface area contributed by atoms with Gasteiger partial charge in [0.05, 0.1) is 19.3 Å². The maximum Gasteiger partial charge on any atom is 0.314 e. The van der Waals surface area contributed by atoms with Gasteiger partial charge in [-0.25, -0.2) is 0 Å². The summed E-state index contributed by atoms with van der Waals surface area (Å²) in [5.74, 6) is -1.94. The number of rotatable bonds is 4. The monoisotopic (exact) mass is 418 g/mol. The molecule has 0 bridgehead atoms. The van der Waals surface area contributed by atoms with Crippen molar-refractivity contribution in [3.63, 3.8) is 0 Å². The molecule has 0 unspecified atom stereocenters. The maximum absolute atomic E-state index is 10.6. The molecule has 1 rings (SSSR count). The lowest BCUT2D eigenvalue weighted by molar-refractivity contribution is -0.152. The molecule has 0 saturated carbocycles. The molecule has 0 atom stereocenters. The fraction of sp³-hybridized carbons (Fsp3) is 0.667. The summed E-state index contributed by atoms with van der Waals surface area (Å²) in [5.41, 5.74) is 4.85. The molecule has 1 aliphatic rings. The van der Waals surface area contributed by atoms with E-state index in [4.69, 9.17) is 10.8 Å². The zero-order chi connectivity index (χ0) is 20.0. The molecule has 1 amide bonds. The molecule has 0 spiro atoms. The van der Waals surface area contributed by atoms with Crippen LogP contribution in [0.25, 0.3) is 0 Å². The van der Waals surface area contributed by atoms with Crippen LogP contribution in [0.5, 0.6) is 0 Å². The Morgan fingerprint density at radius 1 is 1.12 bits per heavy atom. The first-order chi connectivity index (χ1) is 11.4. The Hall–Kier alpha value is -0.920. The van der Waals surface area contributed by atoms with Crippen LogP contribution in [0.4, 0.5) is 0 Å². The van der Waals surface area contributed by atoms with Crippen LogP contribution >= 0.6 is 16.0 Å². The summed E-state index contributed by atoms with van der Waals surface area (Å²) < 4.78 is 4.08. The predicted octanol–water partition coefficient (Wildman–Crippen LogP) is 0.985. The van der Waals surface area contributed by atoms with E-state index < -0.39 is 17.9 Å². The second kappa shape index (κ2) is 27.0. The van der Waals surface area contributed by atoms with Gasteiger partial charge in [-0.05, 0) is 29.5 Å². The van der Waals surface area contributed by atoms with Crippen LogP contribution in [0.15, 0.2) is 0 Å². The van der Waals surface area contributed by atoms with E-state index in [1.165, 1.54) is 0 Å². The largest absolute Gasteiger partial charge is 0.481 e. The predicted molar refractivity (Wildman–Crippen MR) is 102 cm³/mol. The Morgan fingerprint density at radius 2 is 1.50 bits per heavy atom. The molecule has 1 heterocycles. The lowest BCUT2D eigenvalue weighted by Crippen LogP contribution is -2.22. The molecule has 140 valence electrons. The third-order valence-electron chi connectivity index (χ3n) is 1.70. The number of nitrogens with two attached hydrogens (primary N) is 1. The van der Waals surface area contributed by atoms with Crippen molar-refractivity contribution in [3.8, 4) is 0 Å². The van der Waals surface area contributed by atoms with Gasteiger partial charge in [0, 0.05) is 13.0 Å². The Kier molecular flexibility index (Phi) is 34.7. The fourth-order valence-corrected chi connectivity index (χ4v) is 0.939. The number of esters is 2. The third kappa shape index (κ3) is 32.9. The zero-order valence-corrected chi connectivity index (χ0v) is 17.3. The highest BCUT2D eigenvalue weighted by Crippen LogP contribution is 2.03. The lowest BCUT2D eigenvalue weighted by Gasteiger charge is -1.97. The van der Waals surface area contributed by atoms with Crippen molar-refractivity contribution in [1.82, 2.24) is 5.32 Å². The van der Waals surface area contributed by atoms with Gasteiger partial charge in [-0.2, -0.15) is 0 Å². The Balaban J connectivity index is -0.000000124. The number of hydrogen-bond donors (Lipinski definition) is 3. The van der Waals surface area contributed by atoms with Gasteiger partial charge >= 0.3 is 17.9 Å². The summed E-state index contributed by atoms with van der Waals surface area (Å²) >= 11 is 7.78. The van der Waals surface area contributed by atoms with E-state index in [1.807, 2.05) is 6.92 Å². The summed E-state index contributed by atoms with van der Waals surface area (Å²) in [6.45, 7) is 5.00. The van der Waals surface area contributed by atoms with Crippen LogP contribution in [0.3, 0.4) is 0 Å².